The van der Waals surface area contributed by atoms with Gasteiger partial charge in [-0.3, -0.25) is 9.59 Å². The van der Waals surface area contributed by atoms with Crippen molar-refractivity contribution in [2.45, 2.75) is 25.8 Å². The fourth-order valence-corrected chi connectivity index (χ4v) is 1.24. The number of carboxylic acid groups (broad SMARTS) is 1. The Kier molecular flexibility index (Phi) is 4.56. The van der Waals surface area contributed by atoms with Crippen LogP contribution in [0.2, 0.25) is 0 Å². The van der Waals surface area contributed by atoms with E-state index in [0.717, 1.165) is 6.07 Å². The Morgan fingerprint density at radius 1 is 1.53 bits per heavy atom. The average Bonchev–Trinajstić information content (AvgIpc) is 2.26. The summed E-state index contributed by atoms with van der Waals surface area (Å²) in [5.41, 5.74) is -0.0211. The number of amides is 1. The quantitative estimate of drug-likeness (QED) is 0.758. The first-order chi connectivity index (χ1) is 7.99. The molecule has 1 atom stereocenters. The second kappa shape index (κ2) is 5.93. The number of carbonyl (C=O) groups is 2. The maximum absolute atomic E-state index is 12.8. The summed E-state index contributed by atoms with van der Waals surface area (Å²) >= 11 is 0. The lowest BCUT2D eigenvalue weighted by molar-refractivity contribution is -0.137. The number of nitrogens with one attached hydrogen (secondary N) is 1. The summed E-state index contributed by atoms with van der Waals surface area (Å²) in [5, 5.41) is 11.0. The number of carboxylic acids is 1. The molecule has 1 rings (SSSR count). The van der Waals surface area contributed by atoms with Crippen LogP contribution in [0.3, 0.4) is 0 Å². The third kappa shape index (κ3) is 4.58. The van der Waals surface area contributed by atoms with Crippen LogP contribution < -0.4 is 5.32 Å². The Morgan fingerprint density at radius 2 is 2.24 bits per heavy atom. The molecule has 0 radical (unpaired) electrons. The standard InChI is InChI=1S/C11H13FN2O3/c1-7(5-6-10(15)16)13-11(17)8-3-2-4-9(12)14-8/h2-4,7H,5-6H2,1H3,(H,13,17)(H,15,16). The van der Waals surface area contributed by atoms with Crippen molar-refractivity contribution >= 4 is 11.9 Å². The highest BCUT2D eigenvalue weighted by Crippen LogP contribution is 2.01. The number of nitrogens with zero attached hydrogens (tertiary/aromatic N) is 1. The first kappa shape index (κ1) is 13.1. The Labute approximate surface area is 97.7 Å². The predicted octanol–water partition coefficient (Wildman–Crippen LogP) is 1.20. The van der Waals surface area contributed by atoms with Crippen LogP contribution in [0.5, 0.6) is 0 Å². The fraction of sp³-hybridized carbons (Fsp3) is 0.364. The van der Waals surface area contributed by atoms with Gasteiger partial charge < -0.3 is 10.4 Å². The third-order valence-electron chi connectivity index (χ3n) is 2.12. The van der Waals surface area contributed by atoms with Crippen molar-refractivity contribution < 1.29 is 19.1 Å². The molecule has 92 valence electrons. The van der Waals surface area contributed by atoms with Crippen molar-refractivity contribution in [2.75, 3.05) is 0 Å². The third-order valence-corrected chi connectivity index (χ3v) is 2.12. The van der Waals surface area contributed by atoms with Crippen molar-refractivity contribution in [3.05, 3.63) is 29.8 Å². The summed E-state index contributed by atoms with van der Waals surface area (Å²) in [6.45, 7) is 1.68. The van der Waals surface area contributed by atoms with Crippen molar-refractivity contribution in [3.8, 4) is 0 Å². The first-order valence-corrected chi connectivity index (χ1v) is 5.14. The number of pyridine rings is 1. The molecule has 0 fully saturated rings. The minimum atomic E-state index is -0.921. The van der Waals surface area contributed by atoms with E-state index in [4.69, 9.17) is 5.11 Å². The maximum atomic E-state index is 12.8. The van der Waals surface area contributed by atoms with Gasteiger partial charge in [0.15, 0.2) is 0 Å². The lowest BCUT2D eigenvalue weighted by Crippen LogP contribution is -2.33. The van der Waals surface area contributed by atoms with E-state index < -0.39 is 17.8 Å². The van der Waals surface area contributed by atoms with Crippen molar-refractivity contribution in [1.29, 1.82) is 0 Å². The molecule has 0 aliphatic carbocycles. The van der Waals surface area contributed by atoms with E-state index in [1.165, 1.54) is 12.1 Å². The SMILES string of the molecule is CC(CCC(=O)O)NC(=O)c1cccc(F)n1. The molecule has 0 aromatic carbocycles. The highest BCUT2D eigenvalue weighted by Gasteiger charge is 2.12. The highest BCUT2D eigenvalue weighted by atomic mass is 19.1. The molecule has 6 heteroatoms. The Balaban J connectivity index is 2.51. The van der Waals surface area contributed by atoms with Gasteiger partial charge in [0.2, 0.25) is 5.95 Å². The van der Waals surface area contributed by atoms with Gasteiger partial charge in [-0.2, -0.15) is 4.39 Å². The topological polar surface area (TPSA) is 79.3 Å². The van der Waals surface area contributed by atoms with Crippen molar-refractivity contribution in [2.24, 2.45) is 0 Å². The number of halogens is 1. The monoisotopic (exact) mass is 240 g/mol. The lowest BCUT2D eigenvalue weighted by Gasteiger charge is -2.12. The Hall–Kier alpha value is -1.98. The van der Waals surface area contributed by atoms with Gasteiger partial charge in [0.25, 0.3) is 5.91 Å². The number of rotatable bonds is 5. The molecule has 1 aromatic heterocycles. The zero-order chi connectivity index (χ0) is 12.8. The van der Waals surface area contributed by atoms with Crippen LogP contribution in [0.25, 0.3) is 0 Å². The normalized spacial score (nSPS) is 11.9. The average molecular weight is 240 g/mol. The molecule has 2 N–H and O–H groups in total. The van der Waals surface area contributed by atoms with Gasteiger partial charge in [-0.05, 0) is 25.5 Å². The van der Waals surface area contributed by atoms with Crippen molar-refractivity contribution in [1.82, 2.24) is 10.3 Å². The van der Waals surface area contributed by atoms with Gasteiger partial charge in [0.1, 0.15) is 5.69 Å². The molecule has 0 saturated carbocycles. The highest BCUT2D eigenvalue weighted by molar-refractivity contribution is 5.92. The number of carbonyl (C=O) groups excluding carboxylic acids is 1. The van der Waals surface area contributed by atoms with E-state index in [9.17, 15) is 14.0 Å². The number of aliphatic carboxylic acids is 1. The molecule has 0 bridgehead atoms. The molecule has 0 aliphatic heterocycles. The molecule has 1 unspecified atom stereocenters. The summed E-state index contributed by atoms with van der Waals surface area (Å²) in [6.07, 6.45) is 0.286. The molecule has 1 heterocycles. The summed E-state index contributed by atoms with van der Waals surface area (Å²) in [5.74, 6) is -2.16. The fourth-order valence-electron chi connectivity index (χ4n) is 1.24. The van der Waals surface area contributed by atoms with Crippen LogP contribution in [0.4, 0.5) is 4.39 Å². The molecule has 5 nitrogen and oxygen atoms in total. The second-order valence-corrected chi connectivity index (χ2v) is 3.65. The van der Waals surface area contributed by atoms with E-state index in [0.29, 0.717) is 6.42 Å². The van der Waals surface area contributed by atoms with Gasteiger partial charge in [-0.25, -0.2) is 4.98 Å². The Bertz CT molecular complexity index is 423. The van der Waals surface area contributed by atoms with E-state index in [1.54, 1.807) is 6.92 Å². The molecular weight excluding hydrogens is 227 g/mol. The molecule has 0 spiro atoms. The molecular formula is C11H13FN2O3. The predicted molar refractivity (Wildman–Crippen MR) is 58.0 cm³/mol. The molecule has 17 heavy (non-hydrogen) atoms. The van der Waals surface area contributed by atoms with E-state index in [1.807, 2.05) is 0 Å². The van der Waals surface area contributed by atoms with E-state index in [2.05, 4.69) is 10.3 Å². The summed E-state index contributed by atoms with van der Waals surface area (Å²) in [6, 6.07) is 3.62. The van der Waals surface area contributed by atoms with Crippen LogP contribution in [-0.4, -0.2) is 28.0 Å². The summed E-state index contributed by atoms with van der Waals surface area (Å²) in [4.78, 5) is 25.3. The van der Waals surface area contributed by atoms with Crippen LogP contribution in [0.1, 0.15) is 30.3 Å². The molecule has 1 aromatic rings. The van der Waals surface area contributed by atoms with E-state index >= 15 is 0 Å². The summed E-state index contributed by atoms with van der Waals surface area (Å²) in [7, 11) is 0. The first-order valence-electron chi connectivity index (χ1n) is 5.14. The van der Waals surface area contributed by atoms with Crippen LogP contribution in [0.15, 0.2) is 18.2 Å². The smallest absolute Gasteiger partial charge is 0.303 e. The zero-order valence-corrected chi connectivity index (χ0v) is 9.31. The van der Waals surface area contributed by atoms with Crippen LogP contribution >= 0.6 is 0 Å². The molecule has 0 saturated heterocycles. The van der Waals surface area contributed by atoms with Gasteiger partial charge in [-0.1, -0.05) is 6.07 Å². The van der Waals surface area contributed by atoms with Gasteiger partial charge in [0.05, 0.1) is 0 Å². The van der Waals surface area contributed by atoms with Crippen LogP contribution in [-0.2, 0) is 4.79 Å². The van der Waals surface area contributed by atoms with Crippen molar-refractivity contribution in [3.63, 3.8) is 0 Å². The lowest BCUT2D eigenvalue weighted by atomic mass is 10.2. The van der Waals surface area contributed by atoms with Gasteiger partial charge >= 0.3 is 5.97 Å². The minimum absolute atomic E-state index is 0.0211. The largest absolute Gasteiger partial charge is 0.481 e. The van der Waals surface area contributed by atoms with Crippen LogP contribution in [0, 0.1) is 5.95 Å². The molecule has 0 aliphatic rings. The second-order valence-electron chi connectivity index (χ2n) is 3.65. The molecule has 1 amide bonds. The number of hydrogen-bond acceptors (Lipinski definition) is 3. The van der Waals surface area contributed by atoms with Gasteiger partial charge in [-0.15, -0.1) is 0 Å². The maximum Gasteiger partial charge on any atom is 0.303 e. The minimum Gasteiger partial charge on any atom is -0.481 e. The Morgan fingerprint density at radius 3 is 2.82 bits per heavy atom. The number of aromatic nitrogens is 1. The van der Waals surface area contributed by atoms with E-state index in [-0.39, 0.29) is 18.2 Å². The zero-order valence-electron chi connectivity index (χ0n) is 9.31. The van der Waals surface area contributed by atoms with Gasteiger partial charge in [0, 0.05) is 12.5 Å². The summed E-state index contributed by atoms with van der Waals surface area (Å²) < 4.78 is 12.8. The number of hydrogen-bond donors (Lipinski definition) is 2.